The van der Waals surface area contributed by atoms with Crippen molar-refractivity contribution in [1.82, 2.24) is 0 Å². The summed E-state index contributed by atoms with van der Waals surface area (Å²) in [5.41, 5.74) is 2.05. The Labute approximate surface area is 286 Å². The molecule has 1 saturated heterocycles. The van der Waals surface area contributed by atoms with Gasteiger partial charge in [0.05, 0.1) is 25.2 Å². The van der Waals surface area contributed by atoms with Crippen molar-refractivity contribution in [2.75, 3.05) is 20.3 Å². The molecule has 260 valence electrons. The highest BCUT2D eigenvalue weighted by molar-refractivity contribution is 5.90. The lowest BCUT2D eigenvalue weighted by molar-refractivity contribution is -0.312. The second kappa shape index (κ2) is 12.4. The minimum Gasteiger partial charge on any atom is -0.490 e. The highest BCUT2D eigenvalue weighted by atomic mass is 16.7. The third kappa shape index (κ3) is 5.45. The lowest BCUT2D eigenvalue weighted by Gasteiger charge is -2.47. The van der Waals surface area contributed by atoms with Crippen LogP contribution < -0.4 is 23.7 Å². The second-order valence-electron chi connectivity index (χ2n) is 13.0. The molecule has 3 aromatic rings. The Morgan fingerprint density at radius 2 is 1.78 bits per heavy atom. The minimum atomic E-state index is -2.19. The fourth-order valence-electron chi connectivity index (χ4n) is 7.37. The van der Waals surface area contributed by atoms with Crippen LogP contribution in [0, 0.1) is 11.8 Å². The molecule has 0 amide bonds. The molecule has 0 unspecified atom stereocenters. The number of carbonyl (C=O) groups is 2. The predicted molar refractivity (Wildman–Crippen MR) is 170 cm³/mol. The molecule has 3 aromatic carbocycles. The van der Waals surface area contributed by atoms with Crippen LogP contribution in [0.5, 0.6) is 28.7 Å². The summed E-state index contributed by atoms with van der Waals surface area (Å²) in [6.45, 7) is -0.156. The lowest BCUT2D eigenvalue weighted by atomic mass is 9.80. The Bertz CT molecular complexity index is 1910. The normalized spacial score (nSPS) is 29.7. The van der Waals surface area contributed by atoms with Crippen molar-refractivity contribution in [3.8, 4) is 40.6 Å². The number of aliphatic carboxylic acids is 1. The van der Waals surface area contributed by atoms with Crippen LogP contribution in [0.15, 0.2) is 48.5 Å². The first-order valence-electron chi connectivity index (χ1n) is 16.3. The van der Waals surface area contributed by atoms with Crippen molar-refractivity contribution in [3.05, 3.63) is 76.3 Å². The van der Waals surface area contributed by atoms with Gasteiger partial charge < -0.3 is 53.6 Å². The summed E-state index contributed by atoms with van der Waals surface area (Å²) >= 11 is 0. The zero-order valence-electron chi connectivity index (χ0n) is 26.9. The number of benzene rings is 3. The van der Waals surface area contributed by atoms with Gasteiger partial charge in [0, 0.05) is 36.5 Å². The molecule has 4 N–H and O–H groups in total. The van der Waals surface area contributed by atoms with Gasteiger partial charge >= 0.3 is 11.9 Å². The van der Waals surface area contributed by atoms with E-state index < -0.39 is 61.3 Å². The number of carboxylic acids is 1. The fraction of sp³-hybridized carbons (Fsp3) is 0.405. The molecule has 9 heterocycles. The highest BCUT2D eigenvalue weighted by Gasteiger charge is 2.56. The van der Waals surface area contributed by atoms with Crippen LogP contribution in [0.2, 0.25) is 0 Å². The number of rotatable bonds is 5. The van der Waals surface area contributed by atoms with Crippen LogP contribution in [0.3, 0.4) is 0 Å². The molecule has 1 fully saturated rings. The molecule has 9 aliphatic rings. The van der Waals surface area contributed by atoms with Gasteiger partial charge in [-0.05, 0) is 23.3 Å². The third-order valence-electron chi connectivity index (χ3n) is 9.95. The van der Waals surface area contributed by atoms with Gasteiger partial charge in [0.1, 0.15) is 60.6 Å². The Hall–Kier alpha value is -5.00. The molecule has 0 radical (unpaired) electrons. The van der Waals surface area contributed by atoms with Crippen molar-refractivity contribution in [1.29, 1.82) is 0 Å². The standard InChI is InChI=1S/C37H34O13/c1-44-34-23-9-8-21-30-26(13-19-6-4-18(5-7-19)10-12-45-23)47-25-15-24-20(14-22(25)32(30)50-33(21)34)3-2-11-37(43)27(17-46-29(40)16-28(38)39)49-36(48-24)31(41)35(37)42/h4-9,14-15,26-27,30-32,35-36,41-43H,10-13,16-17H2,1H3,(H,38,39)/t26-,27+,30+,31+,32-,35+,36+,37+/m0/s1. The van der Waals surface area contributed by atoms with E-state index >= 15 is 0 Å². The summed E-state index contributed by atoms with van der Waals surface area (Å²) in [5, 5.41) is 42.4. The summed E-state index contributed by atoms with van der Waals surface area (Å²) in [7, 11) is 1.58. The third-order valence-corrected chi connectivity index (χ3v) is 9.95. The number of ether oxygens (including phenoxy) is 7. The van der Waals surface area contributed by atoms with Crippen molar-refractivity contribution >= 4 is 11.9 Å². The first-order valence-corrected chi connectivity index (χ1v) is 16.3. The van der Waals surface area contributed by atoms with Gasteiger partial charge in [0.25, 0.3) is 0 Å². The summed E-state index contributed by atoms with van der Waals surface area (Å²) < 4.78 is 42.5. The molecule has 13 nitrogen and oxygen atoms in total. The van der Waals surface area contributed by atoms with Crippen molar-refractivity contribution in [3.63, 3.8) is 0 Å². The molecule has 8 bridgehead atoms. The Kier molecular flexibility index (Phi) is 7.99. The molecule has 0 aromatic heterocycles. The van der Waals surface area contributed by atoms with Gasteiger partial charge in [-0.1, -0.05) is 42.2 Å². The Morgan fingerprint density at radius 1 is 0.980 bits per heavy atom. The largest absolute Gasteiger partial charge is 0.490 e. The number of carboxylic acid groups (broad SMARTS) is 1. The maximum Gasteiger partial charge on any atom is 0.317 e. The molecule has 9 aliphatic heterocycles. The van der Waals surface area contributed by atoms with Gasteiger partial charge in [-0.15, -0.1) is 0 Å². The molecular formula is C37H34O13. The number of hydrogen-bond acceptors (Lipinski definition) is 12. The van der Waals surface area contributed by atoms with Gasteiger partial charge in [-0.2, -0.15) is 0 Å². The molecular weight excluding hydrogens is 652 g/mol. The van der Waals surface area contributed by atoms with E-state index in [1.807, 2.05) is 12.1 Å². The lowest BCUT2D eigenvalue weighted by Crippen LogP contribution is -2.68. The Morgan fingerprint density at radius 3 is 2.56 bits per heavy atom. The van der Waals surface area contributed by atoms with E-state index in [-0.39, 0.29) is 24.2 Å². The number of fused-ring (bicyclic) bond motifs is 5. The monoisotopic (exact) mass is 686 g/mol. The summed E-state index contributed by atoms with van der Waals surface area (Å²) in [5.74, 6) is 5.49. The van der Waals surface area contributed by atoms with Crippen LogP contribution >= 0.6 is 0 Å². The van der Waals surface area contributed by atoms with Gasteiger partial charge in [-0.25, -0.2) is 0 Å². The molecule has 0 spiro atoms. The van der Waals surface area contributed by atoms with Crippen LogP contribution in [0.4, 0.5) is 0 Å². The van der Waals surface area contributed by atoms with E-state index in [0.717, 1.165) is 23.1 Å². The number of esters is 1. The maximum atomic E-state index is 12.0. The predicted octanol–water partition coefficient (Wildman–Crippen LogP) is 2.18. The summed E-state index contributed by atoms with van der Waals surface area (Å²) in [6, 6.07) is 15.7. The van der Waals surface area contributed by atoms with Crippen LogP contribution in [-0.4, -0.2) is 89.0 Å². The van der Waals surface area contributed by atoms with Crippen LogP contribution in [0.25, 0.3) is 0 Å². The second-order valence-corrected chi connectivity index (χ2v) is 13.0. The smallest absolute Gasteiger partial charge is 0.317 e. The van der Waals surface area contributed by atoms with Gasteiger partial charge in [-0.3, -0.25) is 9.59 Å². The Balaban J connectivity index is 1.18. The zero-order valence-corrected chi connectivity index (χ0v) is 26.9. The number of aliphatic hydroxyl groups excluding tert-OH is 2. The van der Waals surface area contributed by atoms with E-state index in [0.29, 0.717) is 47.2 Å². The van der Waals surface area contributed by atoms with E-state index in [4.69, 9.17) is 38.3 Å². The molecule has 0 aliphatic carbocycles. The number of methoxy groups -OCH3 is 1. The van der Waals surface area contributed by atoms with Crippen LogP contribution in [-0.2, 0) is 31.9 Å². The van der Waals surface area contributed by atoms with Crippen molar-refractivity contribution < 1.29 is 63.2 Å². The minimum absolute atomic E-state index is 0.178. The molecule has 8 atom stereocenters. The fourth-order valence-corrected chi connectivity index (χ4v) is 7.37. The molecule has 50 heavy (non-hydrogen) atoms. The number of hydrogen-bond donors (Lipinski definition) is 4. The SMILES string of the molecule is COc1c2ccc3c1O[C@H]1c4cc5c(cc4O[C@@H](Cc4ccc(cc4)CCO2)[C@@H]31)O[C@@H]1O[C@H](COC(=O)CC(=O)O)[C@](O)(CC#C5)[C@H](O)[C@H]1O. The molecule has 12 rings (SSSR count). The van der Waals surface area contributed by atoms with Crippen molar-refractivity contribution in [2.45, 2.75) is 74.0 Å². The molecule has 0 saturated carbocycles. The highest BCUT2D eigenvalue weighted by Crippen LogP contribution is 2.59. The molecule has 13 heteroatoms. The average Bonchev–Trinajstić information content (AvgIpc) is 3.49. The van der Waals surface area contributed by atoms with E-state index in [2.05, 4.69) is 36.1 Å². The average molecular weight is 687 g/mol. The van der Waals surface area contributed by atoms with Gasteiger partial charge in [0.2, 0.25) is 12.0 Å². The van der Waals surface area contributed by atoms with Crippen molar-refractivity contribution in [2.24, 2.45) is 0 Å². The topological polar surface area (TPSA) is 180 Å². The first kappa shape index (κ1) is 32.2. The van der Waals surface area contributed by atoms with E-state index in [9.17, 15) is 24.9 Å². The number of carbonyl (C=O) groups excluding carboxylic acids is 1. The summed E-state index contributed by atoms with van der Waals surface area (Å²) in [6.07, 6.45) is -7.35. The summed E-state index contributed by atoms with van der Waals surface area (Å²) in [4.78, 5) is 22.9. The van der Waals surface area contributed by atoms with Gasteiger partial charge in [0.15, 0.2) is 11.5 Å². The van der Waals surface area contributed by atoms with E-state index in [1.54, 1.807) is 19.2 Å². The van der Waals surface area contributed by atoms with E-state index in [1.165, 1.54) is 0 Å². The zero-order chi connectivity index (χ0) is 34.7. The quantitative estimate of drug-likeness (QED) is 0.175. The van der Waals surface area contributed by atoms with Crippen LogP contribution in [0.1, 0.15) is 52.7 Å². The maximum absolute atomic E-state index is 12.0. The first-order chi connectivity index (χ1) is 24.1. The number of aliphatic hydroxyl groups is 3.